The summed E-state index contributed by atoms with van der Waals surface area (Å²) in [7, 11) is 0. The van der Waals surface area contributed by atoms with E-state index in [1.54, 1.807) is 0 Å². The van der Waals surface area contributed by atoms with Crippen molar-refractivity contribution in [3.05, 3.63) is 0 Å². The zero-order valence-electron chi connectivity index (χ0n) is 15.5. The first-order valence-electron chi connectivity index (χ1n) is 9.97. The Hall–Kier alpha value is -1.22. The topological polar surface area (TPSA) is 123 Å². The first-order chi connectivity index (χ1) is 12.6. The minimum atomic E-state index is -1.82. The van der Waals surface area contributed by atoms with Crippen LogP contribution in [0.1, 0.15) is 51.4 Å². The Balaban J connectivity index is 0.000000146. The monoisotopic (exact) mass is 370 g/mol. The van der Waals surface area contributed by atoms with Gasteiger partial charge in [0.05, 0.1) is 0 Å². The standard InChI is InChI=1S/2C8H16N2.C2H2O4/c2*1-3-7(9-5-1)8-4-2-6-10-8;3-1(4)2(5)6/h2*7-10H,1-6H2;(H,3,4)(H,5,6)/t2*7-,8+;. The van der Waals surface area contributed by atoms with E-state index in [-0.39, 0.29) is 0 Å². The van der Waals surface area contributed by atoms with E-state index in [1.807, 2.05) is 0 Å². The number of hydrogen-bond acceptors (Lipinski definition) is 6. The van der Waals surface area contributed by atoms with Crippen molar-refractivity contribution in [2.75, 3.05) is 26.2 Å². The maximum absolute atomic E-state index is 9.10. The summed E-state index contributed by atoms with van der Waals surface area (Å²) in [6.07, 6.45) is 11.1. The summed E-state index contributed by atoms with van der Waals surface area (Å²) in [5.74, 6) is -3.65. The molecule has 4 aliphatic heterocycles. The van der Waals surface area contributed by atoms with Gasteiger partial charge in [-0.15, -0.1) is 0 Å². The maximum atomic E-state index is 9.10. The van der Waals surface area contributed by atoms with Gasteiger partial charge in [-0.1, -0.05) is 0 Å². The molecule has 4 atom stereocenters. The molecule has 8 nitrogen and oxygen atoms in total. The van der Waals surface area contributed by atoms with Crippen molar-refractivity contribution >= 4 is 11.9 Å². The normalized spacial score (nSPS) is 33.1. The van der Waals surface area contributed by atoms with Crippen molar-refractivity contribution in [3.63, 3.8) is 0 Å². The second kappa shape index (κ2) is 11.5. The fourth-order valence-corrected chi connectivity index (χ4v) is 4.22. The van der Waals surface area contributed by atoms with Gasteiger partial charge in [-0.3, -0.25) is 0 Å². The largest absolute Gasteiger partial charge is 0.473 e. The van der Waals surface area contributed by atoms with E-state index in [0.29, 0.717) is 0 Å². The number of rotatable bonds is 2. The Kier molecular flexibility index (Phi) is 9.31. The van der Waals surface area contributed by atoms with Gasteiger partial charge in [0.2, 0.25) is 0 Å². The van der Waals surface area contributed by atoms with Crippen LogP contribution in [-0.4, -0.2) is 72.5 Å². The van der Waals surface area contributed by atoms with Gasteiger partial charge in [0, 0.05) is 24.2 Å². The Labute approximate surface area is 155 Å². The van der Waals surface area contributed by atoms with Crippen LogP contribution in [0.3, 0.4) is 0 Å². The molecule has 8 heteroatoms. The van der Waals surface area contributed by atoms with E-state index in [1.165, 1.54) is 77.5 Å². The van der Waals surface area contributed by atoms with Crippen LogP contribution in [-0.2, 0) is 9.59 Å². The molecule has 26 heavy (non-hydrogen) atoms. The third-order valence-electron chi connectivity index (χ3n) is 5.55. The SMILES string of the molecule is C1CN[C@H]([C@H]2CCCN2)C1.C1CN[C@H]([C@H]2CCCN2)C1.O=C(O)C(=O)O. The number of carbonyl (C=O) groups is 2. The Morgan fingerprint density at radius 3 is 0.885 bits per heavy atom. The lowest BCUT2D eigenvalue weighted by atomic mass is 10.1. The molecule has 0 aromatic heterocycles. The molecule has 0 saturated carbocycles. The fraction of sp³-hybridized carbons (Fsp3) is 0.889. The Morgan fingerprint density at radius 1 is 0.538 bits per heavy atom. The maximum Gasteiger partial charge on any atom is 0.414 e. The fourth-order valence-electron chi connectivity index (χ4n) is 4.22. The summed E-state index contributed by atoms with van der Waals surface area (Å²) in [4.78, 5) is 18.2. The number of carboxylic acids is 2. The number of hydrogen-bond donors (Lipinski definition) is 6. The lowest BCUT2D eigenvalue weighted by Gasteiger charge is -2.17. The van der Waals surface area contributed by atoms with E-state index in [4.69, 9.17) is 19.8 Å². The molecule has 0 radical (unpaired) electrons. The molecular formula is C18H34N4O4. The smallest absolute Gasteiger partial charge is 0.414 e. The molecule has 4 saturated heterocycles. The van der Waals surface area contributed by atoms with Crippen LogP contribution in [0.4, 0.5) is 0 Å². The van der Waals surface area contributed by atoms with Crippen molar-refractivity contribution in [3.8, 4) is 0 Å². The molecule has 0 unspecified atom stereocenters. The number of nitrogens with one attached hydrogen (secondary N) is 4. The van der Waals surface area contributed by atoms with E-state index in [0.717, 1.165) is 24.2 Å². The molecule has 4 rings (SSSR count). The van der Waals surface area contributed by atoms with Crippen molar-refractivity contribution in [2.24, 2.45) is 0 Å². The zero-order chi connectivity index (χ0) is 18.8. The Morgan fingerprint density at radius 2 is 0.769 bits per heavy atom. The average molecular weight is 370 g/mol. The van der Waals surface area contributed by atoms with E-state index < -0.39 is 11.9 Å². The minimum Gasteiger partial charge on any atom is -0.473 e. The molecule has 4 aliphatic rings. The highest BCUT2D eigenvalue weighted by atomic mass is 16.4. The Bertz CT molecular complexity index is 357. The van der Waals surface area contributed by atoms with Crippen molar-refractivity contribution in [2.45, 2.75) is 75.5 Å². The van der Waals surface area contributed by atoms with Crippen LogP contribution < -0.4 is 21.3 Å². The molecule has 150 valence electrons. The zero-order valence-corrected chi connectivity index (χ0v) is 15.5. The first-order valence-corrected chi connectivity index (χ1v) is 9.97. The van der Waals surface area contributed by atoms with Crippen LogP contribution >= 0.6 is 0 Å². The third-order valence-corrected chi connectivity index (χ3v) is 5.55. The van der Waals surface area contributed by atoms with Gasteiger partial charge in [-0.05, 0) is 77.5 Å². The van der Waals surface area contributed by atoms with Gasteiger partial charge in [0.25, 0.3) is 0 Å². The molecule has 0 aromatic carbocycles. The highest BCUT2D eigenvalue weighted by Gasteiger charge is 2.27. The summed E-state index contributed by atoms with van der Waals surface area (Å²) in [6, 6.07) is 3.18. The number of aliphatic carboxylic acids is 2. The van der Waals surface area contributed by atoms with Crippen LogP contribution in [0.25, 0.3) is 0 Å². The molecule has 0 aromatic rings. The molecule has 6 N–H and O–H groups in total. The lowest BCUT2D eigenvalue weighted by Crippen LogP contribution is -2.40. The summed E-state index contributed by atoms with van der Waals surface area (Å²) in [6.45, 7) is 4.96. The summed E-state index contributed by atoms with van der Waals surface area (Å²) in [5, 5.41) is 28.9. The van der Waals surface area contributed by atoms with Crippen LogP contribution in [0.15, 0.2) is 0 Å². The second-order valence-corrected chi connectivity index (χ2v) is 7.42. The van der Waals surface area contributed by atoms with Gasteiger partial charge >= 0.3 is 11.9 Å². The predicted molar refractivity (Wildman–Crippen MR) is 99.4 cm³/mol. The van der Waals surface area contributed by atoms with E-state index in [2.05, 4.69) is 21.3 Å². The predicted octanol–water partition coefficient (Wildman–Crippen LogP) is 0.136. The third kappa shape index (κ3) is 7.19. The summed E-state index contributed by atoms with van der Waals surface area (Å²) < 4.78 is 0. The van der Waals surface area contributed by atoms with Crippen LogP contribution in [0, 0.1) is 0 Å². The van der Waals surface area contributed by atoms with Gasteiger partial charge < -0.3 is 31.5 Å². The molecule has 4 heterocycles. The van der Waals surface area contributed by atoms with E-state index >= 15 is 0 Å². The minimum absolute atomic E-state index is 0.794. The van der Waals surface area contributed by atoms with Crippen LogP contribution in [0.2, 0.25) is 0 Å². The van der Waals surface area contributed by atoms with Crippen molar-refractivity contribution in [1.82, 2.24) is 21.3 Å². The average Bonchev–Trinajstić information content (AvgIpc) is 3.46. The molecule has 4 fully saturated rings. The highest BCUT2D eigenvalue weighted by Crippen LogP contribution is 2.17. The van der Waals surface area contributed by atoms with Gasteiger partial charge in [-0.25, -0.2) is 9.59 Å². The van der Waals surface area contributed by atoms with Gasteiger partial charge in [0.1, 0.15) is 0 Å². The van der Waals surface area contributed by atoms with Crippen molar-refractivity contribution < 1.29 is 19.8 Å². The van der Waals surface area contributed by atoms with Gasteiger partial charge in [-0.2, -0.15) is 0 Å². The molecule has 0 aliphatic carbocycles. The summed E-state index contributed by atoms with van der Waals surface area (Å²) in [5.41, 5.74) is 0. The lowest BCUT2D eigenvalue weighted by molar-refractivity contribution is -0.159. The van der Waals surface area contributed by atoms with Crippen molar-refractivity contribution in [1.29, 1.82) is 0 Å². The summed E-state index contributed by atoms with van der Waals surface area (Å²) >= 11 is 0. The first kappa shape index (κ1) is 21.1. The van der Waals surface area contributed by atoms with Gasteiger partial charge in [0.15, 0.2) is 0 Å². The molecule has 0 amide bonds. The quantitative estimate of drug-likeness (QED) is 0.380. The van der Waals surface area contributed by atoms with Crippen LogP contribution in [0.5, 0.6) is 0 Å². The number of carboxylic acid groups (broad SMARTS) is 2. The molecule has 0 spiro atoms. The molecular weight excluding hydrogens is 336 g/mol. The second-order valence-electron chi connectivity index (χ2n) is 7.42. The highest BCUT2D eigenvalue weighted by molar-refractivity contribution is 6.27. The molecule has 0 bridgehead atoms. The van der Waals surface area contributed by atoms with E-state index in [9.17, 15) is 0 Å².